The zero-order valence-electron chi connectivity index (χ0n) is 57.8. The van der Waals surface area contributed by atoms with Crippen molar-refractivity contribution in [3.05, 3.63) is 0 Å². The summed E-state index contributed by atoms with van der Waals surface area (Å²) in [7, 11) is 3.11. The second kappa shape index (κ2) is 42.2. The Kier molecular flexibility index (Phi) is 35.6. The molecular weight excluding hydrogens is 1460 g/mol. The standard InChI is InChI=1S/C59H93N19O22S4/c1-7-25(4)44-57(98)72-33(45(63)86)20-101-103-23-36-53(94)70-31(18-79)49(90)65-27(6)58(99)77-12-8-10-37(77)54(95)64-26(5)46(87)73-35(22-104-102-21-34(51(92)74-36)66-41(83)17-60)52(93)71-32(19-80)50(91)75-43(24(2)3)56(97)68-28(14-39(61)81)47(88)69-30(15-40(62)82)59(100)78-13-9-11-38(78)55(96)67-29(16-42(84)85)48(89)76-44/h24-38,43-44,79-80H,7-23,60H2,1-6H3,(H2,61,81)(H2,62,82)(H2,63,86)(H,64,95)(H,65,90)(H,66,83)(H,67,96)(H,68,97)(H,69,88)(H,70,94)(H,71,93)(H,72,98)(H,73,87)(H,74,92)(H,75,91)(H,76,89)(H,84,85)/t25-,26-,27-,28-,29-,30-,31-,32-,33-,34-,35-,36-,37-,38-,43-,44-/m0/s1. The summed E-state index contributed by atoms with van der Waals surface area (Å²) in [6.07, 6.45) is -2.67. The molecule has 0 aromatic carbocycles. The molecule has 4 heterocycles. The van der Waals surface area contributed by atoms with Crippen molar-refractivity contribution in [3.8, 4) is 0 Å². The highest BCUT2D eigenvalue weighted by molar-refractivity contribution is 8.77. The number of amides is 18. The highest BCUT2D eigenvalue weighted by Gasteiger charge is 2.44. The summed E-state index contributed by atoms with van der Waals surface area (Å²) in [5.74, 6) is -25.3. The average Bonchev–Trinajstić information content (AvgIpc) is 1.72. The van der Waals surface area contributed by atoms with Crippen LogP contribution >= 0.6 is 43.2 Å². The first kappa shape index (κ1) is 87.6. The Bertz CT molecular complexity index is 3230. The molecule has 24 N–H and O–H groups in total. The molecule has 0 radical (unpaired) electrons. The second-order valence-corrected chi connectivity index (χ2v) is 30.2. The van der Waals surface area contributed by atoms with Gasteiger partial charge in [-0.1, -0.05) is 77.3 Å². The van der Waals surface area contributed by atoms with Gasteiger partial charge in [0.05, 0.1) is 39.0 Å². The largest absolute Gasteiger partial charge is 0.481 e. The van der Waals surface area contributed by atoms with Gasteiger partial charge in [-0.25, -0.2) is 0 Å². The van der Waals surface area contributed by atoms with Crippen LogP contribution in [0.2, 0.25) is 0 Å². The maximum atomic E-state index is 14.4. The Balaban J connectivity index is 1.90. The summed E-state index contributed by atoms with van der Waals surface area (Å²) in [4.78, 5) is 264. The SMILES string of the molecule is CC[C@H](C)[C@@H]1NC(=O)[C@H](CC(=O)O)NC(=O)[C@@H]2CCCN2C(=O)[C@H](CC(N)=O)NC(=O)[C@H](CC(N)=O)NC(=O)[C@H](C(C)C)NC(=O)[C@H](CO)NC(=O)[C@@H]2CSSC[C@H](NC(=O)CN)C(=O)N[C@@H](CSSC[C@@H](C(N)=O)NC1=O)C(=O)N[C@@H](CO)C(=O)N[C@@H](C)C(=O)N1CCC[C@H]1C(=O)N[C@@H](C)C(=O)N2. The van der Waals surface area contributed by atoms with Gasteiger partial charge in [-0.05, 0) is 51.4 Å². The van der Waals surface area contributed by atoms with Gasteiger partial charge >= 0.3 is 5.97 Å². The lowest BCUT2D eigenvalue weighted by Gasteiger charge is -2.31. The minimum Gasteiger partial charge on any atom is -0.481 e. The highest BCUT2D eigenvalue weighted by atomic mass is 33.1. The van der Waals surface area contributed by atoms with Gasteiger partial charge in [-0.3, -0.25) is 91.1 Å². The van der Waals surface area contributed by atoms with E-state index in [1.807, 2.05) is 0 Å². The van der Waals surface area contributed by atoms with Crippen LogP contribution in [0.3, 0.4) is 0 Å². The van der Waals surface area contributed by atoms with Crippen molar-refractivity contribution < 1.29 is 106 Å². The van der Waals surface area contributed by atoms with Crippen molar-refractivity contribution in [2.75, 3.05) is 55.9 Å². The fourth-order valence-corrected chi connectivity index (χ4v) is 15.4. The van der Waals surface area contributed by atoms with Crippen LogP contribution in [0.1, 0.15) is 92.9 Å². The number of hydrogen-bond donors (Lipinski definition) is 20. The van der Waals surface area contributed by atoms with Crippen LogP contribution in [0, 0.1) is 11.8 Å². The average molecular weight is 1550 g/mol. The third-order valence-electron chi connectivity index (χ3n) is 16.8. The smallest absolute Gasteiger partial charge is 0.305 e. The van der Waals surface area contributed by atoms with Crippen molar-refractivity contribution >= 4 is 155 Å². The Morgan fingerprint density at radius 1 is 0.481 bits per heavy atom. The second-order valence-electron chi connectivity index (χ2n) is 25.1. The van der Waals surface area contributed by atoms with Gasteiger partial charge in [0.15, 0.2) is 0 Å². The molecule has 580 valence electrons. The fraction of sp³-hybridized carbons (Fsp3) is 0.678. The highest BCUT2D eigenvalue weighted by Crippen LogP contribution is 2.27. The number of primary amides is 3. The van der Waals surface area contributed by atoms with Gasteiger partial charge in [0.25, 0.3) is 0 Å². The van der Waals surface area contributed by atoms with Crippen LogP contribution in [-0.2, 0) is 91.1 Å². The minimum absolute atomic E-state index is 0.0155. The van der Waals surface area contributed by atoms with Crippen molar-refractivity contribution in [2.45, 2.75) is 184 Å². The Hall–Kier alpha value is -8.79. The van der Waals surface area contributed by atoms with Gasteiger partial charge in [-0.2, -0.15) is 0 Å². The molecule has 41 nitrogen and oxygen atoms in total. The van der Waals surface area contributed by atoms with Gasteiger partial charge in [0, 0.05) is 36.1 Å². The van der Waals surface area contributed by atoms with E-state index in [1.54, 1.807) is 6.92 Å². The van der Waals surface area contributed by atoms with E-state index in [4.69, 9.17) is 22.9 Å². The number of nitrogens with two attached hydrogens (primary N) is 4. The van der Waals surface area contributed by atoms with Crippen LogP contribution in [0.5, 0.6) is 0 Å². The predicted octanol–water partition coefficient (Wildman–Crippen LogP) is -10.5. The van der Waals surface area contributed by atoms with E-state index < -0.39 is 277 Å². The number of nitrogens with zero attached hydrogens (tertiary/aromatic N) is 2. The topological polar surface area (TPSA) is 652 Å². The maximum Gasteiger partial charge on any atom is 0.305 e. The first-order valence-corrected chi connectivity index (χ1v) is 38.0. The van der Waals surface area contributed by atoms with E-state index in [-0.39, 0.29) is 45.2 Å². The van der Waals surface area contributed by atoms with Crippen LogP contribution in [0.25, 0.3) is 0 Å². The summed E-state index contributed by atoms with van der Waals surface area (Å²) < 4.78 is 0. The van der Waals surface area contributed by atoms with E-state index in [0.717, 1.165) is 53.0 Å². The number of carbonyl (C=O) groups excluding carboxylic acids is 18. The van der Waals surface area contributed by atoms with Crippen molar-refractivity contribution in [1.82, 2.24) is 78.9 Å². The number of carboxylic acids is 1. The molecule has 4 fully saturated rings. The third kappa shape index (κ3) is 26.4. The predicted molar refractivity (Wildman–Crippen MR) is 372 cm³/mol. The molecule has 0 aromatic heterocycles. The quantitative estimate of drug-likeness (QED) is 0.0718. The number of fused-ring (bicyclic) bond motifs is 10. The molecule has 104 heavy (non-hydrogen) atoms. The van der Waals surface area contributed by atoms with Gasteiger partial charge in [0.1, 0.15) is 90.6 Å². The number of carboxylic acid groups (broad SMARTS) is 1. The zero-order valence-corrected chi connectivity index (χ0v) is 61.0. The molecule has 18 amide bonds. The van der Waals surface area contributed by atoms with Crippen molar-refractivity contribution in [3.63, 3.8) is 0 Å². The van der Waals surface area contributed by atoms with Gasteiger partial charge < -0.3 is 117 Å². The maximum absolute atomic E-state index is 14.4. The lowest BCUT2D eigenvalue weighted by molar-refractivity contribution is -0.145. The molecule has 0 saturated carbocycles. The molecule has 0 spiro atoms. The van der Waals surface area contributed by atoms with Crippen LogP contribution < -0.4 is 92.1 Å². The number of aliphatic carboxylic acids is 1. The molecule has 4 aliphatic heterocycles. The number of aliphatic hydroxyl groups is 2. The van der Waals surface area contributed by atoms with Crippen LogP contribution in [-0.4, -0.2) is 284 Å². The zero-order chi connectivity index (χ0) is 78.0. The summed E-state index contributed by atoms with van der Waals surface area (Å²) in [6.45, 7) is 5.16. The fourth-order valence-electron chi connectivity index (χ4n) is 10.8. The number of aliphatic hydroxyl groups excluding tert-OH is 2. The van der Waals surface area contributed by atoms with Gasteiger partial charge in [-0.15, -0.1) is 0 Å². The van der Waals surface area contributed by atoms with Crippen molar-refractivity contribution in [2.24, 2.45) is 34.8 Å². The van der Waals surface area contributed by atoms with E-state index in [2.05, 4.69) is 69.1 Å². The molecule has 2 bridgehead atoms. The molecule has 0 aromatic rings. The van der Waals surface area contributed by atoms with E-state index in [1.165, 1.54) is 34.6 Å². The third-order valence-corrected chi connectivity index (χ3v) is 21.6. The molecule has 4 rings (SSSR count). The number of nitrogens with one attached hydrogen (secondary N) is 13. The lowest BCUT2D eigenvalue weighted by atomic mass is 9.97. The first-order valence-electron chi connectivity index (χ1n) is 33.0. The van der Waals surface area contributed by atoms with Crippen LogP contribution in [0.15, 0.2) is 0 Å². The lowest BCUT2D eigenvalue weighted by Crippen LogP contribution is -2.62. The molecule has 16 atom stereocenters. The summed E-state index contributed by atoms with van der Waals surface area (Å²) in [6, 6.07) is -25.4. The molecule has 4 saturated heterocycles. The van der Waals surface area contributed by atoms with Crippen molar-refractivity contribution in [1.29, 1.82) is 0 Å². The molecule has 0 aliphatic carbocycles. The molecule has 4 aliphatic rings. The summed E-state index contributed by atoms with van der Waals surface area (Å²) in [5.41, 5.74) is 22.4. The Morgan fingerprint density at radius 2 is 0.904 bits per heavy atom. The van der Waals surface area contributed by atoms with E-state index in [9.17, 15) is 106 Å². The first-order chi connectivity index (χ1) is 49.0. The Labute approximate surface area is 612 Å². The Morgan fingerprint density at radius 3 is 1.41 bits per heavy atom. The van der Waals surface area contributed by atoms with Crippen LogP contribution in [0.4, 0.5) is 0 Å². The van der Waals surface area contributed by atoms with E-state index >= 15 is 0 Å². The number of rotatable bonds is 14. The number of hydrogen-bond acceptors (Lipinski definition) is 26. The molecule has 0 unspecified atom stereocenters. The summed E-state index contributed by atoms with van der Waals surface area (Å²) >= 11 is 0. The monoisotopic (exact) mass is 1550 g/mol. The minimum atomic E-state index is -2.01. The molecular formula is C59H93N19O22S4. The van der Waals surface area contributed by atoms with E-state index in [0.29, 0.717) is 0 Å². The summed E-state index contributed by atoms with van der Waals surface area (Å²) in [5, 5.41) is 61.8. The normalized spacial score (nSPS) is 29.4. The number of carbonyl (C=O) groups is 19. The molecule has 45 heteroatoms. The van der Waals surface area contributed by atoms with Gasteiger partial charge in [0.2, 0.25) is 106 Å².